The number of hydrogen-bond donors (Lipinski definition) is 0. The molecule has 10 aromatic rings. The summed E-state index contributed by atoms with van der Waals surface area (Å²) in [4.78, 5) is 0. The van der Waals surface area contributed by atoms with Crippen molar-refractivity contribution in [3.63, 3.8) is 0 Å². The zero-order valence-corrected chi connectivity index (χ0v) is 50.2. The summed E-state index contributed by atoms with van der Waals surface area (Å²) in [5, 5.41) is 10.8. The second-order valence-electron chi connectivity index (χ2n) is 23.6. The van der Waals surface area contributed by atoms with Gasteiger partial charge in [0.15, 0.2) is 0 Å². The number of benzene rings is 10. The van der Waals surface area contributed by atoms with Gasteiger partial charge in [-0.15, -0.1) is 0 Å². The Morgan fingerprint density at radius 3 is 0.782 bits per heavy atom. The van der Waals surface area contributed by atoms with E-state index in [0.717, 1.165) is 12.3 Å². The highest BCUT2D eigenvalue weighted by Gasteiger charge is 2.32. The fourth-order valence-corrected chi connectivity index (χ4v) is 16.8. The molecule has 0 bridgehead atoms. The summed E-state index contributed by atoms with van der Waals surface area (Å²) in [5.41, 5.74) is 19.9. The number of rotatable bonds is 17. The highest BCUT2D eigenvalue weighted by molar-refractivity contribution is 7.72. The van der Waals surface area contributed by atoms with Crippen LogP contribution in [0.15, 0.2) is 206 Å². The normalized spacial score (nSPS) is 12.1. The van der Waals surface area contributed by atoms with E-state index in [1.807, 2.05) is 0 Å². The third-order valence-corrected chi connectivity index (χ3v) is 21.2. The Morgan fingerprint density at radius 2 is 0.526 bits per heavy atom. The van der Waals surface area contributed by atoms with E-state index in [1.54, 1.807) is 0 Å². The van der Waals surface area contributed by atoms with E-state index >= 15 is 0 Å². The predicted octanol–water partition coefficient (Wildman–Crippen LogP) is 21.0. The SMILES string of the molecule is CC(C)c1cc(C(C)C)c(-c2cc3ccccc3c(-c3c(CP(c4ccccc4)c4ccccc4)c(-c4c(C(C)C)cc(C(C)C)cc4C(C)C)cc4ccccc34)c2CP(c2ccccc2)c2ccccc2)c(C(C)C)c1. The Balaban J connectivity index is 1.47. The van der Waals surface area contributed by atoms with Crippen LogP contribution in [0.1, 0.15) is 163 Å². The summed E-state index contributed by atoms with van der Waals surface area (Å²) in [6, 6.07) is 80.3. The van der Waals surface area contributed by atoms with Crippen molar-refractivity contribution in [2.45, 2.75) is 131 Å². The van der Waals surface area contributed by atoms with E-state index in [0.29, 0.717) is 35.5 Å². The minimum absolute atomic E-state index is 0.307. The second kappa shape index (κ2) is 23.9. The minimum Gasteiger partial charge on any atom is -0.0622 e. The van der Waals surface area contributed by atoms with Gasteiger partial charge >= 0.3 is 0 Å². The molecule has 0 amide bonds. The van der Waals surface area contributed by atoms with Crippen LogP contribution in [0.3, 0.4) is 0 Å². The molecule has 0 aliphatic carbocycles. The highest BCUT2D eigenvalue weighted by Crippen LogP contribution is 2.55. The molecule has 0 unspecified atom stereocenters. The average Bonchev–Trinajstić information content (AvgIpc) is 3.49. The summed E-state index contributed by atoms with van der Waals surface area (Å²) in [7, 11) is -1.78. The fraction of sp³-hybridized carbons (Fsp3) is 0.263. The minimum atomic E-state index is -0.889. The molecular weight excluding hydrogens is 975 g/mol. The predicted molar refractivity (Wildman–Crippen MR) is 348 cm³/mol. The molecule has 0 saturated heterocycles. The molecule has 0 N–H and O–H groups in total. The molecule has 0 aliphatic rings. The van der Waals surface area contributed by atoms with Crippen molar-refractivity contribution >= 4 is 58.6 Å². The average molecular weight is 1060 g/mol. The molecule has 10 aromatic carbocycles. The van der Waals surface area contributed by atoms with Gasteiger partial charge in [-0.25, -0.2) is 0 Å². The Morgan fingerprint density at radius 1 is 0.269 bits per heavy atom. The fourth-order valence-electron chi connectivity index (χ4n) is 12.1. The third kappa shape index (κ3) is 11.1. The third-order valence-electron chi connectivity index (χ3n) is 16.3. The summed E-state index contributed by atoms with van der Waals surface area (Å²) in [6.45, 7) is 28.8. The van der Waals surface area contributed by atoms with Crippen LogP contribution in [0.4, 0.5) is 0 Å². The highest BCUT2D eigenvalue weighted by atomic mass is 31.1. The molecule has 394 valence electrons. The van der Waals surface area contributed by atoms with Crippen LogP contribution in [0.2, 0.25) is 0 Å². The first-order valence-electron chi connectivity index (χ1n) is 28.9. The lowest BCUT2D eigenvalue weighted by molar-refractivity contribution is 0.807. The Hall–Kier alpha value is -6.42. The standard InChI is InChI=1S/C76H80P2/c1-49(2)57-43-65(51(5)6)73(66(44-57)52(7)8)69-41-55-29-25-27-39-63(55)75(71(69)47-77(59-31-17-13-18-32-59)60-33-19-14-20-34-60)76-64-40-28-26-30-56(64)42-70(74-67(53(9)10)45-58(50(3)4)46-68(74)54(11)12)72(76)48-78(61-35-21-15-22-36-61)62-37-23-16-24-38-62/h13-46,49-54H,47-48H2,1-12H3. The lowest BCUT2D eigenvalue weighted by Gasteiger charge is -2.32. The van der Waals surface area contributed by atoms with Crippen LogP contribution >= 0.6 is 15.8 Å². The first-order chi connectivity index (χ1) is 37.7. The van der Waals surface area contributed by atoms with E-state index in [9.17, 15) is 0 Å². The molecule has 78 heavy (non-hydrogen) atoms. The van der Waals surface area contributed by atoms with Crippen molar-refractivity contribution in [3.05, 3.63) is 251 Å². The quantitative estimate of drug-likeness (QED) is 0.0797. The molecule has 0 fully saturated rings. The van der Waals surface area contributed by atoms with E-state index in [4.69, 9.17) is 0 Å². The van der Waals surface area contributed by atoms with Crippen LogP contribution < -0.4 is 21.2 Å². The first-order valence-corrected chi connectivity index (χ1v) is 32.0. The van der Waals surface area contributed by atoms with Gasteiger partial charge in [-0.1, -0.05) is 277 Å². The van der Waals surface area contributed by atoms with E-state index in [1.165, 1.54) is 121 Å². The lowest BCUT2D eigenvalue weighted by atomic mass is 9.76. The van der Waals surface area contributed by atoms with Gasteiger partial charge in [-0.3, -0.25) is 0 Å². The van der Waals surface area contributed by atoms with Crippen LogP contribution in [0.5, 0.6) is 0 Å². The summed E-state index contributed by atoms with van der Waals surface area (Å²) >= 11 is 0. The van der Waals surface area contributed by atoms with E-state index in [-0.39, 0.29) is 0 Å². The molecule has 0 radical (unpaired) electrons. The Bertz CT molecular complexity index is 3290. The van der Waals surface area contributed by atoms with Crippen LogP contribution in [0.25, 0.3) is 54.9 Å². The topological polar surface area (TPSA) is 0 Å². The maximum atomic E-state index is 2.62. The lowest BCUT2D eigenvalue weighted by Crippen LogP contribution is -2.16. The molecular formula is C76H80P2. The van der Waals surface area contributed by atoms with Gasteiger partial charge in [-0.05, 0) is 184 Å². The molecule has 0 spiro atoms. The molecule has 0 atom stereocenters. The monoisotopic (exact) mass is 1050 g/mol. The Kier molecular flexibility index (Phi) is 16.8. The molecule has 10 rings (SSSR count). The molecule has 2 heteroatoms. The van der Waals surface area contributed by atoms with Crippen molar-refractivity contribution in [1.29, 1.82) is 0 Å². The van der Waals surface area contributed by atoms with Crippen molar-refractivity contribution in [3.8, 4) is 33.4 Å². The molecule has 0 aromatic heterocycles. The van der Waals surface area contributed by atoms with Crippen molar-refractivity contribution in [1.82, 2.24) is 0 Å². The van der Waals surface area contributed by atoms with Gasteiger partial charge in [0, 0.05) is 12.3 Å². The van der Waals surface area contributed by atoms with Gasteiger partial charge in [0.1, 0.15) is 0 Å². The van der Waals surface area contributed by atoms with Crippen LogP contribution in [-0.2, 0) is 12.3 Å². The van der Waals surface area contributed by atoms with E-state index in [2.05, 4.69) is 289 Å². The summed E-state index contributed by atoms with van der Waals surface area (Å²) in [6.07, 6.45) is 1.75. The maximum absolute atomic E-state index is 2.62. The summed E-state index contributed by atoms with van der Waals surface area (Å²) in [5.74, 6) is 2.05. The van der Waals surface area contributed by atoms with Crippen molar-refractivity contribution in [2.24, 2.45) is 0 Å². The van der Waals surface area contributed by atoms with Crippen molar-refractivity contribution < 1.29 is 0 Å². The van der Waals surface area contributed by atoms with Gasteiger partial charge in [0.05, 0.1) is 0 Å². The van der Waals surface area contributed by atoms with Gasteiger partial charge in [0.2, 0.25) is 0 Å². The van der Waals surface area contributed by atoms with Crippen LogP contribution in [-0.4, -0.2) is 0 Å². The number of fused-ring (bicyclic) bond motifs is 2. The van der Waals surface area contributed by atoms with E-state index < -0.39 is 15.8 Å². The first kappa shape index (κ1) is 54.9. The maximum Gasteiger partial charge on any atom is 0.00200 e. The number of hydrogen-bond acceptors (Lipinski definition) is 0. The molecule has 0 aliphatic heterocycles. The van der Waals surface area contributed by atoms with Gasteiger partial charge in [0.25, 0.3) is 0 Å². The largest absolute Gasteiger partial charge is 0.0622 e. The zero-order valence-electron chi connectivity index (χ0n) is 48.4. The second-order valence-corrected chi connectivity index (χ2v) is 28.0. The molecule has 0 saturated carbocycles. The Labute approximate surface area is 470 Å². The zero-order chi connectivity index (χ0) is 54.8. The van der Waals surface area contributed by atoms with Gasteiger partial charge < -0.3 is 0 Å². The molecule has 0 heterocycles. The van der Waals surface area contributed by atoms with Crippen molar-refractivity contribution in [2.75, 3.05) is 0 Å². The molecule has 0 nitrogen and oxygen atoms in total. The van der Waals surface area contributed by atoms with Crippen LogP contribution in [0, 0.1) is 0 Å². The van der Waals surface area contributed by atoms with Gasteiger partial charge in [-0.2, -0.15) is 0 Å². The smallest absolute Gasteiger partial charge is 0.00200 e. The summed E-state index contributed by atoms with van der Waals surface area (Å²) < 4.78 is 0.